The van der Waals surface area contributed by atoms with Gasteiger partial charge in [-0.15, -0.1) is 11.8 Å². The summed E-state index contributed by atoms with van der Waals surface area (Å²) in [7, 11) is 0. The van der Waals surface area contributed by atoms with E-state index in [0.29, 0.717) is 6.42 Å². The zero-order chi connectivity index (χ0) is 12.1. The highest BCUT2D eigenvalue weighted by Crippen LogP contribution is 2.31. The number of ketones is 1. The number of nitrogens with one attached hydrogen (secondary N) is 1. The molecular weight excluding hydrogens is 230 g/mol. The first kappa shape index (κ1) is 12.5. The monoisotopic (exact) mass is 249 g/mol. The highest BCUT2D eigenvalue weighted by Gasteiger charge is 2.09. The summed E-state index contributed by atoms with van der Waals surface area (Å²) in [5.74, 6) is 1.52. The predicted molar refractivity (Wildman–Crippen MR) is 73.9 cm³/mol. The van der Waals surface area contributed by atoms with E-state index >= 15 is 0 Å². The minimum absolute atomic E-state index is 0.272. The molecule has 0 amide bonds. The van der Waals surface area contributed by atoms with Crippen molar-refractivity contribution in [2.75, 3.05) is 17.6 Å². The fourth-order valence-electron chi connectivity index (χ4n) is 2.04. The van der Waals surface area contributed by atoms with Crippen LogP contribution in [0.15, 0.2) is 23.1 Å². The maximum atomic E-state index is 10.8. The van der Waals surface area contributed by atoms with Gasteiger partial charge in [-0.25, -0.2) is 0 Å². The number of Topliss-reactive ketones (excluding diaryl/α,β-unsaturated/α-hetero) is 1. The molecule has 1 aliphatic rings. The Kier molecular flexibility index (Phi) is 4.49. The smallest absolute Gasteiger partial charge is 0.129 e. The molecule has 0 bridgehead atoms. The third-order valence-corrected chi connectivity index (χ3v) is 4.15. The van der Waals surface area contributed by atoms with Crippen LogP contribution in [0, 0.1) is 0 Å². The van der Waals surface area contributed by atoms with Gasteiger partial charge >= 0.3 is 0 Å². The molecule has 0 spiro atoms. The molecule has 0 aromatic heterocycles. The summed E-state index contributed by atoms with van der Waals surface area (Å²) in [6.07, 6.45) is 4.08. The SMILES string of the molecule is CC(=O)CCCNc1ccc2c(c1)CCCS2. The van der Waals surface area contributed by atoms with E-state index < -0.39 is 0 Å². The van der Waals surface area contributed by atoms with Crippen molar-refractivity contribution >= 4 is 23.2 Å². The van der Waals surface area contributed by atoms with Gasteiger partial charge in [0.1, 0.15) is 5.78 Å². The first-order chi connectivity index (χ1) is 8.25. The number of benzene rings is 1. The number of thioether (sulfide) groups is 1. The Bertz CT molecular complexity index is 403. The van der Waals surface area contributed by atoms with Crippen LogP contribution in [0.1, 0.15) is 31.7 Å². The number of hydrogen-bond acceptors (Lipinski definition) is 3. The van der Waals surface area contributed by atoms with Crippen LogP contribution in [0.25, 0.3) is 0 Å². The molecule has 3 heteroatoms. The molecule has 0 aliphatic carbocycles. The molecule has 0 saturated carbocycles. The van der Waals surface area contributed by atoms with Crippen LogP contribution in [0.5, 0.6) is 0 Å². The largest absolute Gasteiger partial charge is 0.385 e. The van der Waals surface area contributed by atoms with E-state index in [1.807, 2.05) is 11.8 Å². The van der Waals surface area contributed by atoms with E-state index in [-0.39, 0.29) is 5.78 Å². The lowest BCUT2D eigenvalue weighted by Gasteiger charge is -2.16. The molecule has 0 radical (unpaired) electrons. The maximum absolute atomic E-state index is 10.8. The van der Waals surface area contributed by atoms with Gasteiger partial charge in [0, 0.05) is 23.5 Å². The zero-order valence-electron chi connectivity index (χ0n) is 10.3. The van der Waals surface area contributed by atoms with Gasteiger partial charge in [0.05, 0.1) is 0 Å². The van der Waals surface area contributed by atoms with Crippen LogP contribution < -0.4 is 5.32 Å². The van der Waals surface area contributed by atoms with Gasteiger partial charge in [-0.1, -0.05) is 0 Å². The van der Waals surface area contributed by atoms with Gasteiger partial charge in [0.2, 0.25) is 0 Å². The highest BCUT2D eigenvalue weighted by atomic mass is 32.2. The Balaban J connectivity index is 1.86. The molecule has 0 atom stereocenters. The Morgan fingerprint density at radius 1 is 1.47 bits per heavy atom. The highest BCUT2D eigenvalue weighted by molar-refractivity contribution is 7.99. The third kappa shape index (κ3) is 3.77. The molecule has 1 N–H and O–H groups in total. The second-order valence-corrected chi connectivity index (χ2v) is 5.64. The van der Waals surface area contributed by atoms with Crippen molar-refractivity contribution in [1.82, 2.24) is 0 Å². The summed E-state index contributed by atoms with van der Waals surface area (Å²) < 4.78 is 0. The van der Waals surface area contributed by atoms with E-state index in [0.717, 1.165) is 13.0 Å². The second kappa shape index (κ2) is 6.10. The van der Waals surface area contributed by atoms with E-state index in [4.69, 9.17) is 0 Å². The first-order valence-corrected chi connectivity index (χ1v) is 7.23. The van der Waals surface area contributed by atoms with Crippen molar-refractivity contribution < 1.29 is 4.79 Å². The number of carbonyl (C=O) groups excluding carboxylic acids is 1. The van der Waals surface area contributed by atoms with Crippen molar-refractivity contribution in [1.29, 1.82) is 0 Å². The number of aryl methyl sites for hydroxylation is 1. The van der Waals surface area contributed by atoms with Crippen molar-refractivity contribution in [2.45, 2.75) is 37.5 Å². The Morgan fingerprint density at radius 3 is 3.18 bits per heavy atom. The number of fused-ring (bicyclic) bond motifs is 1. The fraction of sp³-hybridized carbons (Fsp3) is 0.500. The lowest BCUT2D eigenvalue weighted by molar-refractivity contribution is -0.117. The van der Waals surface area contributed by atoms with E-state index in [1.54, 1.807) is 6.92 Å². The topological polar surface area (TPSA) is 29.1 Å². The molecule has 92 valence electrons. The first-order valence-electron chi connectivity index (χ1n) is 6.25. The molecule has 17 heavy (non-hydrogen) atoms. The average molecular weight is 249 g/mol. The van der Waals surface area contributed by atoms with Crippen molar-refractivity contribution in [3.8, 4) is 0 Å². The standard InChI is InChI=1S/C14H19NOS/c1-11(16)4-2-8-15-13-6-7-14-12(10-13)5-3-9-17-14/h6-7,10,15H,2-5,8-9H2,1H3. The Labute approximate surface area is 107 Å². The zero-order valence-corrected chi connectivity index (χ0v) is 11.1. The molecule has 1 aliphatic heterocycles. The average Bonchev–Trinajstić information content (AvgIpc) is 2.34. The lowest BCUT2D eigenvalue weighted by atomic mass is 10.1. The summed E-state index contributed by atoms with van der Waals surface area (Å²) in [5.41, 5.74) is 2.66. The lowest BCUT2D eigenvalue weighted by Crippen LogP contribution is -2.05. The van der Waals surface area contributed by atoms with Gasteiger partial charge in [-0.05, 0) is 55.7 Å². The Morgan fingerprint density at radius 2 is 2.35 bits per heavy atom. The molecule has 0 unspecified atom stereocenters. The molecule has 0 fully saturated rings. The van der Waals surface area contributed by atoms with Gasteiger partial charge < -0.3 is 10.1 Å². The van der Waals surface area contributed by atoms with Gasteiger partial charge in [0.25, 0.3) is 0 Å². The molecule has 0 saturated heterocycles. The molecule has 1 heterocycles. The summed E-state index contributed by atoms with van der Waals surface area (Å²) in [6, 6.07) is 6.62. The molecule has 1 aromatic rings. The quantitative estimate of drug-likeness (QED) is 0.810. The summed E-state index contributed by atoms with van der Waals surface area (Å²) in [5, 5.41) is 3.39. The fourth-order valence-corrected chi connectivity index (χ4v) is 3.06. The third-order valence-electron chi connectivity index (χ3n) is 2.94. The normalized spacial score (nSPS) is 14.2. The number of carbonyl (C=O) groups is 1. The number of rotatable bonds is 5. The number of hydrogen-bond donors (Lipinski definition) is 1. The predicted octanol–water partition coefficient (Wildman–Crippen LogP) is 3.51. The van der Waals surface area contributed by atoms with Crippen LogP contribution >= 0.6 is 11.8 Å². The summed E-state index contributed by atoms with van der Waals surface area (Å²) in [6.45, 7) is 2.53. The van der Waals surface area contributed by atoms with Gasteiger partial charge in [-0.2, -0.15) is 0 Å². The van der Waals surface area contributed by atoms with Crippen LogP contribution in [-0.4, -0.2) is 18.1 Å². The van der Waals surface area contributed by atoms with Crippen molar-refractivity contribution in [3.63, 3.8) is 0 Å². The molecule has 2 nitrogen and oxygen atoms in total. The van der Waals surface area contributed by atoms with Gasteiger partial charge in [-0.3, -0.25) is 0 Å². The second-order valence-electron chi connectivity index (χ2n) is 4.51. The van der Waals surface area contributed by atoms with Crippen LogP contribution in [0.4, 0.5) is 5.69 Å². The Hall–Kier alpha value is -0.960. The van der Waals surface area contributed by atoms with Crippen LogP contribution in [0.3, 0.4) is 0 Å². The van der Waals surface area contributed by atoms with Crippen LogP contribution in [-0.2, 0) is 11.2 Å². The van der Waals surface area contributed by atoms with E-state index in [1.165, 1.54) is 34.7 Å². The number of anilines is 1. The minimum Gasteiger partial charge on any atom is -0.385 e. The minimum atomic E-state index is 0.272. The van der Waals surface area contributed by atoms with Crippen molar-refractivity contribution in [3.05, 3.63) is 23.8 Å². The van der Waals surface area contributed by atoms with Gasteiger partial charge in [0.15, 0.2) is 0 Å². The molecular formula is C14H19NOS. The summed E-state index contributed by atoms with van der Waals surface area (Å²) in [4.78, 5) is 12.3. The maximum Gasteiger partial charge on any atom is 0.129 e. The molecule has 1 aromatic carbocycles. The van der Waals surface area contributed by atoms with E-state index in [9.17, 15) is 4.79 Å². The van der Waals surface area contributed by atoms with Crippen molar-refractivity contribution in [2.24, 2.45) is 0 Å². The summed E-state index contributed by atoms with van der Waals surface area (Å²) >= 11 is 1.96. The van der Waals surface area contributed by atoms with Crippen LogP contribution in [0.2, 0.25) is 0 Å². The molecule has 2 rings (SSSR count). The van der Waals surface area contributed by atoms with E-state index in [2.05, 4.69) is 23.5 Å².